The van der Waals surface area contributed by atoms with Gasteiger partial charge in [0.1, 0.15) is 4.88 Å². The summed E-state index contributed by atoms with van der Waals surface area (Å²) in [7, 11) is 0. The number of nitrogens with zero attached hydrogens (tertiary/aromatic N) is 1. The van der Waals surface area contributed by atoms with Gasteiger partial charge in [-0.25, -0.2) is 4.79 Å². The molecule has 1 saturated heterocycles. The van der Waals surface area contributed by atoms with Gasteiger partial charge in [-0.05, 0) is 68.4 Å². The lowest BCUT2D eigenvalue weighted by Gasteiger charge is -2.25. The van der Waals surface area contributed by atoms with Crippen molar-refractivity contribution in [1.82, 2.24) is 4.90 Å². The van der Waals surface area contributed by atoms with E-state index in [0.29, 0.717) is 35.7 Å². The van der Waals surface area contributed by atoms with Crippen molar-refractivity contribution < 1.29 is 19.8 Å². The van der Waals surface area contributed by atoms with Crippen molar-refractivity contribution in [3.63, 3.8) is 0 Å². The van der Waals surface area contributed by atoms with Crippen LogP contribution in [0, 0.1) is 0 Å². The number of carboxylic acids is 1. The van der Waals surface area contributed by atoms with Crippen molar-refractivity contribution in [3.05, 3.63) is 56.7 Å². The Labute approximate surface area is 179 Å². The number of aromatic carboxylic acids is 1. The minimum atomic E-state index is -0.896. The second-order valence-electron chi connectivity index (χ2n) is 7.52. The van der Waals surface area contributed by atoms with Crippen LogP contribution in [0.25, 0.3) is 0 Å². The van der Waals surface area contributed by atoms with Crippen LogP contribution in [0.4, 0.5) is 0 Å². The van der Waals surface area contributed by atoms with E-state index in [9.17, 15) is 14.7 Å². The molecule has 3 rings (SSSR count). The fourth-order valence-corrected chi connectivity index (χ4v) is 4.98. The second-order valence-corrected chi connectivity index (χ2v) is 9.12. The Kier molecular flexibility index (Phi) is 7.70. The number of carbonyl (C=O) groups is 2. The number of aryl methyl sites for hydroxylation is 1. The van der Waals surface area contributed by atoms with E-state index in [1.165, 1.54) is 11.3 Å². The highest BCUT2D eigenvalue weighted by atomic mass is 35.5. The van der Waals surface area contributed by atoms with Crippen LogP contribution in [0.1, 0.15) is 52.2 Å². The molecule has 2 N–H and O–H groups in total. The van der Waals surface area contributed by atoms with Crippen LogP contribution in [0.15, 0.2) is 36.4 Å². The predicted octanol–water partition coefficient (Wildman–Crippen LogP) is 4.41. The summed E-state index contributed by atoms with van der Waals surface area (Å²) in [5, 5.41) is 20.1. The molecule has 2 heterocycles. The third kappa shape index (κ3) is 6.29. The highest BCUT2D eigenvalue weighted by Crippen LogP contribution is 2.25. The molecule has 0 saturated carbocycles. The van der Waals surface area contributed by atoms with E-state index in [1.54, 1.807) is 6.07 Å². The summed E-state index contributed by atoms with van der Waals surface area (Å²) in [6.07, 6.45) is 4.53. The number of hydrogen-bond donors (Lipinski definition) is 2. The molecule has 0 unspecified atom stereocenters. The molecule has 2 aromatic rings. The Bertz CT molecular complexity index is 853. The summed E-state index contributed by atoms with van der Waals surface area (Å²) in [4.78, 5) is 26.6. The van der Waals surface area contributed by atoms with Gasteiger partial charge in [-0.2, -0.15) is 0 Å². The van der Waals surface area contributed by atoms with Crippen LogP contribution in [-0.4, -0.2) is 45.7 Å². The molecule has 0 bridgehead atoms. The van der Waals surface area contributed by atoms with Crippen molar-refractivity contribution in [3.8, 4) is 0 Å². The number of thiophene rings is 1. The quantitative estimate of drug-likeness (QED) is 0.579. The fourth-order valence-electron chi connectivity index (χ4n) is 3.87. The van der Waals surface area contributed by atoms with E-state index in [0.717, 1.165) is 36.1 Å². The number of amides is 1. The Morgan fingerprint density at radius 1 is 1.31 bits per heavy atom. The number of carboxylic acid groups (broad SMARTS) is 1. The van der Waals surface area contributed by atoms with E-state index < -0.39 is 12.1 Å². The first-order valence-corrected chi connectivity index (χ1v) is 11.2. The molecule has 0 spiro atoms. The van der Waals surface area contributed by atoms with E-state index in [-0.39, 0.29) is 11.9 Å². The average molecular weight is 436 g/mol. The van der Waals surface area contributed by atoms with Gasteiger partial charge >= 0.3 is 5.97 Å². The van der Waals surface area contributed by atoms with Crippen LogP contribution in [-0.2, 0) is 17.6 Å². The molecule has 1 aromatic heterocycles. The smallest absolute Gasteiger partial charge is 0.345 e. The molecule has 5 nitrogen and oxygen atoms in total. The van der Waals surface area contributed by atoms with Gasteiger partial charge in [0.2, 0.25) is 5.91 Å². The van der Waals surface area contributed by atoms with Crippen molar-refractivity contribution in [2.24, 2.45) is 0 Å². The zero-order valence-electron chi connectivity index (χ0n) is 16.2. The number of likely N-dealkylation sites (tertiary alicyclic amines) is 1. The zero-order valence-corrected chi connectivity index (χ0v) is 17.8. The van der Waals surface area contributed by atoms with Crippen molar-refractivity contribution in [2.75, 3.05) is 6.54 Å². The van der Waals surface area contributed by atoms with Gasteiger partial charge in [-0.15, -0.1) is 11.3 Å². The summed E-state index contributed by atoms with van der Waals surface area (Å²) < 4.78 is 0. The molecule has 29 heavy (non-hydrogen) atoms. The Balaban J connectivity index is 1.44. The minimum absolute atomic E-state index is 0.175. The van der Waals surface area contributed by atoms with Gasteiger partial charge in [0.05, 0.1) is 6.10 Å². The van der Waals surface area contributed by atoms with Crippen LogP contribution in [0.3, 0.4) is 0 Å². The Hall–Kier alpha value is -1.89. The molecular weight excluding hydrogens is 410 g/mol. The lowest BCUT2D eigenvalue weighted by Crippen LogP contribution is -2.34. The van der Waals surface area contributed by atoms with Crippen LogP contribution < -0.4 is 0 Å². The molecule has 1 amide bonds. The van der Waals surface area contributed by atoms with Crippen LogP contribution >= 0.6 is 22.9 Å². The number of benzene rings is 1. The number of hydrogen-bond acceptors (Lipinski definition) is 4. The molecule has 0 aliphatic carbocycles. The Morgan fingerprint density at radius 2 is 2.14 bits per heavy atom. The molecule has 1 aliphatic rings. The van der Waals surface area contributed by atoms with Crippen molar-refractivity contribution in [2.45, 2.75) is 57.1 Å². The van der Waals surface area contributed by atoms with Gasteiger partial charge in [-0.1, -0.05) is 23.7 Å². The Morgan fingerprint density at radius 3 is 2.86 bits per heavy atom. The highest BCUT2D eigenvalue weighted by Gasteiger charge is 2.30. The summed E-state index contributed by atoms with van der Waals surface area (Å²) in [5.74, 6) is -0.718. The van der Waals surface area contributed by atoms with E-state index in [2.05, 4.69) is 0 Å². The first kappa shape index (κ1) is 21.8. The maximum absolute atomic E-state index is 12.3. The minimum Gasteiger partial charge on any atom is -0.477 e. The van der Waals surface area contributed by atoms with Crippen LogP contribution in [0.2, 0.25) is 5.02 Å². The van der Waals surface area contributed by atoms with Crippen molar-refractivity contribution in [1.29, 1.82) is 0 Å². The lowest BCUT2D eigenvalue weighted by atomic mass is 10.0. The average Bonchev–Trinajstić information content (AvgIpc) is 3.28. The summed E-state index contributed by atoms with van der Waals surface area (Å²) >= 11 is 7.30. The molecule has 0 radical (unpaired) electrons. The van der Waals surface area contributed by atoms with Gasteiger partial charge in [0.25, 0.3) is 0 Å². The number of halogens is 1. The van der Waals surface area contributed by atoms with E-state index >= 15 is 0 Å². The zero-order chi connectivity index (χ0) is 20.8. The molecule has 2 atom stereocenters. The molecule has 1 aromatic carbocycles. The number of rotatable bonds is 10. The van der Waals surface area contributed by atoms with Crippen molar-refractivity contribution >= 4 is 34.8 Å². The molecule has 1 aliphatic heterocycles. The molecule has 1 fully saturated rings. The van der Waals surface area contributed by atoms with Gasteiger partial charge in [0, 0.05) is 28.9 Å². The van der Waals surface area contributed by atoms with Gasteiger partial charge in [-0.3, -0.25) is 4.79 Å². The third-order valence-corrected chi connectivity index (χ3v) is 6.71. The van der Waals surface area contributed by atoms with Crippen LogP contribution in [0.5, 0.6) is 0 Å². The first-order chi connectivity index (χ1) is 13.9. The third-order valence-electron chi connectivity index (χ3n) is 5.34. The predicted molar refractivity (Wildman–Crippen MR) is 115 cm³/mol. The monoisotopic (exact) mass is 435 g/mol. The highest BCUT2D eigenvalue weighted by molar-refractivity contribution is 7.13. The second kappa shape index (κ2) is 10.2. The molecule has 7 heteroatoms. The van der Waals surface area contributed by atoms with Gasteiger partial charge < -0.3 is 15.1 Å². The van der Waals surface area contributed by atoms with E-state index in [1.807, 2.05) is 35.2 Å². The summed E-state index contributed by atoms with van der Waals surface area (Å²) in [6, 6.07) is 11.2. The number of carbonyl (C=O) groups excluding carboxylic acids is 1. The summed E-state index contributed by atoms with van der Waals surface area (Å²) in [5.41, 5.74) is 1.01. The van der Waals surface area contributed by atoms with E-state index in [4.69, 9.17) is 16.7 Å². The number of aliphatic hydroxyl groups excluding tert-OH is 1. The standard InChI is InChI=1S/C22H26ClNO4S/c23-16-4-1-3-15(13-16)14-18(25)8-6-17-7-11-21(26)24(17)12-2-5-19-9-10-20(29-19)22(27)28/h1,3-4,9-10,13,17-18,25H,2,5-8,11-12,14H2,(H,27,28)/t17-,18+/m0/s1. The summed E-state index contributed by atoms with van der Waals surface area (Å²) in [6.45, 7) is 0.675. The fraction of sp³-hybridized carbons (Fsp3) is 0.455. The molecular formula is C22H26ClNO4S. The molecule has 156 valence electrons. The lowest BCUT2D eigenvalue weighted by molar-refractivity contribution is -0.129. The topological polar surface area (TPSA) is 77.8 Å². The normalized spacial score (nSPS) is 17.7. The maximum Gasteiger partial charge on any atom is 0.345 e. The van der Waals surface area contributed by atoms with Gasteiger partial charge in [0.15, 0.2) is 0 Å². The number of aliphatic hydroxyl groups is 1. The SMILES string of the molecule is O=C(O)c1ccc(CCCN2C(=O)CC[C@@H]2CC[C@@H](O)Cc2cccc(Cl)c2)s1. The first-order valence-electron chi connectivity index (χ1n) is 9.96. The maximum atomic E-state index is 12.3. The largest absolute Gasteiger partial charge is 0.477 e.